The summed E-state index contributed by atoms with van der Waals surface area (Å²) in [5.74, 6) is -2.41. The van der Waals surface area contributed by atoms with Gasteiger partial charge in [-0.2, -0.15) is 0 Å². The maximum atomic E-state index is 12.7. The molecule has 114 valence electrons. The summed E-state index contributed by atoms with van der Waals surface area (Å²) in [5.41, 5.74) is 5.29. The van der Waals surface area contributed by atoms with Gasteiger partial charge < -0.3 is 15.7 Å². The Kier molecular flexibility index (Phi) is 3.47. The summed E-state index contributed by atoms with van der Waals surface area (Å²) < 4.78 is 0. The molecule has 2 aliphatic carbocycles. The summed E-state index contributed by atoms with van der Waals surface area (Å²) >= 11 is 0. The maximum absolute atomic E-state index is 12.7. The van der Waals surface area contributed by atoms with E-state index < -0.39 is 17.8 Å². The van der Waals surface area contributed by atoms with E-state index in [0.29, 0.717) is 25.9 Å². The number of amides is 2. The Morgan fingerprint density at radius 1 is 1.05 bits per heavy atom. The van der Waals surface area contributed by atoms with Crippen molar-refractivity contribution < 1.29 is 19.5 Å². The minimum Gasteiger partial charge on any atom is -0.481 e. The first-order valence-electron chi connectivity index (χ1n) is 7.48. The van der Waals surface area contributed by atoms with E-state index >= 15 is 0 Å². The highest BCUT2D eigenvalue weighted by atomic mass is 16.4. The van der Waals surface area contributed by atoms with Crippen molar-refractivity contribution in [3.63, 3.8) is 0 Å². The second kappa shape index (κ2) is 5.16. The highest BCUT2D eigenvalue weighted by Gasteiger charge is 2.52. The molecule has 6 nitrogen and oxygen atoms in total. The zero-order chi connectivity index (χ0) is 15.1. The largest absolute Gasteiger partial charge is 0.481 e. The van der Waals surface area contributed by atoms with Crippen molar-refractivity contribution in [1.82, 2.24) is 4.90 Å². The average molecular weight is 292 g/mol. The average Bonchev–Trinajstić information content (AvgIpc) is 3.07. The number of carbonyl (C=O) groups excluding carboxylic acids is 2. The number of carboxylic acid groups (broad SMARTS) is 1. The van der Waals surface area contributed by atoms with E-state index in [1.807, 2.05) is 12.2 Å². The maximum Gasteiger partial charge on any atom is 0.307 e. The van der Waals surface area contributed by atoms with Crippen LogP contribution in [0.1, 0.15) is 19.3 Å². The smallest absolute Gasteiger partial charge is 0.307 e. The third-order valence-corrected chi connectivity index (χ3v) is 5.24. The zero-order valence-corrected chi connectivity index (χ0v) is 11.8. The van der Waals surface area contributed by atoms with Crippen LogP contribution in [-0.4, -0.2) is 40.9 Å². The molecule has 1 saturated heterocycles. The third kappa shape index (κ3) is 2.32. The summed E-state index contributed by atoms with van der Waals surface area (Å²) in [4.78, 5) is 37.0. The molecular weight excluding hydrogens is 272 g/mol. The number of likely N-dealkylation sites (tertiary alicyclic amines) is 1. The number of piperidine rings is 1. The minimum absolute atomic E-state index is 0.00962. The molecule has 2 fully saturated rings. The first kappa shape index (κ1) is 14.1. The van der Waals surface area contributed by atoms with Crippen LogP contribution in [0, 0.1) is 29.6 Å². The minimum atomic E-state index is -0.878. The van der Waals surface area contributed by atoms with E-state index in [4.69, 9.17) is 5.73 Å². The van der Waals surface area contributed by atoms with Crippen LogP contribution < -0.4 is 5.73 Å². The Balaban J connectivity index is 1.70. The lowest BCUT2D eigenvalue weighted by atomic mass is 9.81. The predicted octanol–water partition coefficient (Wildman–Crippen LogP) is 0.233. The highest BCUT2D eigenvalue weighted by Crippen LogP contribution is 2.49. The van der Waals surface area contributed by atoms with Gasteiger partial charge in [-0.25, -0.2) is 0 Å². The fourth-order valence-electron chi connectivity index (χ4n) is 4.09. The molecule has 0 aromatic heterocycles. The van der Waals surface area contributed by atoms with Crippen LogP contribution in [0.2, 0.25) is 0 Å². The quantitative estimate of drug-likeness (QED) is 0.727. The molecule has 0 aromatic carbocycles. The standard InChI is InChI=1S/C15H20N2O4/c16-13(18)8-3-5-17(6-4-8)14(19)11-9-1-2-10(7-9)12(11)15(20)21/h1-2,8-12H,3-7H2,(H2,16,18)(H,20,21)/t9-,10+,11+,12-/m0/s1. The molecule has 1 heterocycles. The van der Waals surface area contributed by atoms with Gasteiger partial charge in [0.2, 0.25) is 11.8 Å². The van der Waals surface area contributed by atoms with Gasteiger partial charge in [-0.3, -0.25) is 14.4 Å². The van der Waals surface area contributed by atoms with Gasteiger partial charge in [-0.1, -0.05) is 12.2 Å². The van der Waals surface area contributed by atoms with Gasteiger partial charge in [0.1, 0.15) is 0 Å². The number of rotatable bonds is 3. The van der Waals surface area contributed by atoms with Crippen molar-refractivity contribution in [3.8, 4) is 0 Å². The van der Waals surface area contributed by atoms with E-state index in [9.17, 15) is 19.5 Å². The van der Waals surface area contributed by atoms with Crippen molar-refractivity contribution in [2.75, 3.05) is 13.1 Å². The molecule has 1 saturated carbocycles. The van der Waals surface area contributed by atoms with Gasteiger partial charge >= 0.3 is 5.97 Å². The number of carboxylic acids is 1. The Morgan fingerprint density at radius 2 is 1.62 bits per heavy atom. The third-order valence-electron chi connectivity index (χ3n) is 5.24. The molecule has 2 bridgehead atoms. The summed E-state index contributed by atoms with van der Waals surface area (Å²) in [6.07, 6.45) is 5.85. The van der Waals surface area contributed by atoms with Gasteiger partial charge in [0, 0.05) is 19.0 Å². The topological polar surface area (TPSA) is 101 Å². The Labute approximate surface area is 123 Å². The molecule has 3 rings (SSSR count). The second-order valence-electron chi connectivity index (χ2n) is 6.34. The first-order valence-corrected chi connectivity index (χ1v) is 7.48. The number of nitrogens with zero attached hydrogens (tertiary/aromatic N) is 1. The number of aliphatic carboxylic acids is 1. The van der Waals surface area contributed by atoms with Crippen LogP contribution in [0.3, 0.4) is 0 Å². The molecular formula is C15H20N2O4. The fourth-order valence-corrected chi connectivity index (χ4v) is 4.09. The van der Waals surface area contributed by atoms with Crippen LogP contribution in [0.25, 0.3) is 0 Å². The number of primary amides is 1. The molecule has 2 amide bonds. The van der Waals surface area contributed by atoms with E-state index in [2.05, 4.69) is 0 Å². The van der Waals surface area contributed by atoms with Crippen molar-refractivity contribution in [2.45, 2.75) is 19.3 Å². The summed E-state index contributed by atoms with van der Waals surface area (Å²) in [6.45, 7) is 0.993. The molecule has 3 N–H and O–H groups in total. The van der Waals surface area contributed by atoms with Gasteiger partial charge in [0.05, 0.1) is 11.8 Å². The van der Waals surface area contributed by atoms with E-state index in [-0.39, 0.29) is 29.6 Å². The predicted molar refractivity (Wildman–Crippen MR) is 73.9 cm³/mol. The molecule has 4 atom stereocenters. The van der Waals surface area contributed by atoms with E-state index in [1.165, 1.54) is 0 Å². The van der Waals surface area contributed by atoms with Crippen LogP contribution in [-0.2, 0) is 14.4 Å². The van der Waals surface area contributed by atoms with Gasteiger partial charge in [0.15, 0.2) is 0 Å². The number of carbonyl (C=O) groups is 3. The lowest BCUT2D eigenvalue weighted by molar-refractivity contribution is -0.151. The molecule has 0 aromatic rings. The number of fused-ring (bicyclic) bond motifs is 2. The van der Waals surface area contributed by atoms with Crippen LogP contribution in [0.5, 0.6) is 0 Å². The molecule has 0 spiro atoms. The van der Waals surface area contributed by atoms with Crippen molar-refractivity contribution >= 4 is 17.8 Å². The molecule has 6 heteroatoms. The number of nitrogens with two attached hydrogens (primary N) is 1. The number of hydrogen-bond acceptors (Lipinski definition) is 3. The lowest BCUT2D eigenvalue weighted by Crippen LogP contribution is -2.47. The van der Waals surface area contributed by atoms with E-state index in [0.717, 1.165) is 6.42 Å². The lowest BCUT2D eigenvalue weighted by Gasteiger charge is -2.35. The summed E-state index contributed by atoms with van der Waals surface area (Å²) in [6, 6.07) is 0. The normalized spacial score (nSPS) is 35.1. The van der Waals surface area contributed by atoms with Crippen molar-refractivity contribution in [2.24, 2.45) is 35.3 Å². The van der Waals surface area contributed by atoms with Crippen LogP contribution >= 0.6 is 0 Å². The fraction of sp³-hybridized carbons (Fsp3) is 0.667. The SMILES string of the molecule is NC(=O)C1CCN(C(=O)[C@H]2[C@@H](C(=O)O)[C@@H]3C=C[C@H]2C3)CC1. The Hall–Kier alpha value is -1.85. The van der Waals surface area contributed by atoms with E-state index in [1.54, 1.807) is 4.90 Å². The zero-order valence-electron chi connectivity index (χ0n) is 11.8. The summed E-state index contributed by atoms with van der Waals surface area (Å²) in [7, 11) is 0. The molecule has 21 heavy (non-hydrogen) atoms. The highest BCUT2D eigenvalue weighted by molar-refractivity contribution is 5.87. The molecule has 1 aliphatic heterocycles. The molecule has 3 aliphatic rings. The first-order chi connectivity index (χ1) is 9.99. The second-order valence-corrected chi connectivity index (χ2v) is 6.34. The number of hydrogen-bond donors (Lipinski definition) is 2. The monoisotopic (exact) mass is 292 g/mol. The van der Waals surface area contributed by atoms with Crippen molar-refractivity contribution in [3.05, 3.63) is 12.2 Å². The Morgan fingerprint density at radius 3 is 2.14 bits per heavy atom. The van der Waals surface area contributed by atoms with Gasteiger partial charge in [-0.15, -0.1) is 0 Å². The van der Waals surface area contributed by atoms with Crippen LogP contribution in [0.4, 0.5) is 0 Å². The molecule has 0 radical (unpaired) electrons. The Bertz CT molecular complexity index is 508. The number of allylic oxidation sites excluding steroid dienone is 2. The van der Waals surface area contributed by atoms with Gasteiger partial charge in [-0.05, 0) is 31.1 Å². The van der Waals surface area contributed by atoms with Crippen LogP contribution in [0.15, 0.2) is 12.2 Å². The summed E-state index contributed by atoms with van der Waals surface area (Å²) in [5, 5.41) is 9.40. The van der Waals surface area contributed by atoms with Crippen molar-refractivity contribution in [1.29, 1.82) is 0 Å². The van der Waals surface area contributed by atoms with Gasteiger partial charge in [0.25, 0.3) is 0 Å². The molecule has 0 unspecified atom stereocenters.